The molecule has 0 saturated carbocycles. The summed E-state index contributed by atoms with van der Waals surface area (Å²) in [5.41, 5.74) is -0.0932. The average molecular weight is 1010 g/mol. The van der Waals surface area contributed by atoms with Crippen LogP contribution < -0.4 is 35.5 Å². The Bertz CT molecular complexity index is 2390. The van der Waals surface area contributed by atoms with Crippen molar-refractivity contribution in [3.05, 3.63) is 74.3 Å². The van der Waals surface area contributed by atoms with Gasteiger partial charge in [0, 0.05) is 17.9 Å². The van der Waals surface area contributed by atoms with E-state index in [2.05, 4.69) is 44.1 Å². The Morgan fingerprint density at radius 2 is 1.66 bits per heavy atom. The van der Waals surface area contributed by atoms with E-state index >= 15 is 0 Å². The Hall–Kier alpha value is -4.49. The SMILES string of the molecule is CC(C)Oc1cc(-n2nc(C(C)(C)C)oc2=O)c(Cl)cc1Cl.COc1nc(C)nc(NC(=O)NS(=O)(=O)c2ccccc2CCC(F)(F)F)n1.C[S+](C)C.O=C(O)CNCP(=O)([O-])O. The highest BCUT2D eigenvalue weighted by Crippen LogP contribution is 2.34. The number of aliphatic carboxylic acids is 1. The number of hydrogen-bond donors (Lipinski definition) is 5. The van der Waals surface area contributed by atoms with Crippen LogP contribution in [0.5, 0.6) is 11.8 Å². The molecule has 4 aromatic rings. The van der Waals surface area contributed by atoms with Crippen LogP contribution in [0.2, 0.25) is 10.0 Å². The first-order valence-electron chi connectivity index (χ1n) is 18.2. The van der Waals surface area contributed by atoms with Crippen molar-refractivity contribution in [3.8, 4) is 17.4 Å². The number of halogens is 5. The Balaban J connectivity index is 0.000000502. The van der Waals surface area contributed by atoms with Gasteiger partial charge in [0.2, 0.25) is 11.8 Å². The number of amides is 2. The first-order chi connectivity index (χ1) is 29.2. The van der Waals surface area contributed by atoms with Gasteiger partial charge in [-0.05, 0) is 55.8 Å². The summed E-state index contributed by atoms with van der Waals surface area (Å²) in [6, 6.07) is 6.92. The number of carbonyl (C=O) groups excluding carboxylic acids is 1. The number of urea groups is 1. The van der Waals surface area contributed by atoms with Crippen molar-refractivity contribution in [2.24, 2.45) is 0 Å². The smallest absolute Gasteiger partial charge is 0.442 e. The van der Waals surface area contributed by atoms with Crippen LogP contribution in [-0.2, 0) is 42.1 Å². The first-order valence-corrected chi connectivity index (χ1v) is 24.7. The highest BCUT2D eigenvalue weighted by Gasteiger charge is 2.29. The molecule has 1 unspecified atom stereocenters. The average Bonchev–Trinajstić information content (AvgIpc) is 3.52. The molecule has 0 aliphatic rings. The number of aromatic nitrogens is 5. The van der Waals surface area contributed by atoms with Gasteiger partial charge in [0.25, 0.3) is 10.0 Å². The molecule has 4 rings (SSSR count). The number of alkyl halides is 3. The molecule has 64 heavy (non-hydrogen) atoms. The monoisotopic (exact) mass is 1010 g/mol. The molecule has 0 bridgehead atoms. The molecular weight excluding hydrogens is 959 g/mol. The number of anilines is 1. The standard InChI is InChI=1S/C15H18Cl2N2O3.C15H16F3N5O4S.C3H8NO5P.C3H9S/c1-8(2)21-12-7-11(9(16)6-10(12)17)19-14(20)22-13(18-19)15(3,4)5;1-9-19-12(22-14(20-9)27-2)21-13(24)23-28(25,26)11-6-4-3-5-10(11)7-8-15(16,17)18;5-3(6)1-4-2-10(7,8)9;1-4(2)3/h6-8H,1-5H3;3-6H,7-8H2,1-2H3,(H2,19,20,21,22,23,24);4H,1-2H2,(H,5,6)(H2,7,8,9);1-3H3/q;;;+1/p-1. The number of ether oxygens (including phenoxy) is 2. The van der Waals surface area contributed by atoms with Gasteiger partial charge in [0.15, 0.2) is 0 Å². The summed E-state index contributed by atoms with van der Waals surface area (Å²) < 4.78 is 90.7. The summed E-state index contributed by atoms with van der Waals surface area (Å²) in [6.45, 7) is 10.5. The van der Waals surface area contributed by atoms with Crippen molar-refractivity contribution >= 4 is 69.7 Å². The number of hydrogen-bond acceptors (Lipinski definition) is 15. The maximum Gasteiger partial charge on any atom is 0.442 e. The molecule has 0 fully saturated rings. The van der Waals surface area contributed by atoms with Gasteiger partial charge in [-0.3, -0.25) is 15.4 Å². The molecule has 0 spiro atoms. The Labute approximate surface area is 380 Å². The van der Waals surface area contributed by atoms with Gasteiger partial charge in [0.05, 0.1) is 65.4 Å². The van der Waals surface area contributed by atoms with Crippen LogP contribution >= 0.6 is 30.8 Å². The number of rotatable bonds is 13. The zero-order valence-electron chi connectivity index (χ0n) is 36.2. The third kappa shape index (κ3) is 22.4. The second-order valence-electron chi connectivity index (χ2n) is 14.6. The number of benzene rings is 2. The van der Waals surface area contributed by atoms with E-state index in [0.29, 0.717) is 33.2 Å². The van der Waals surface area contributed by atoms with Gasteiger partial charge < -0.3 is 33.3 Å². The predicted octanol–water partition coefficient (Wildman–Crippen LogP) is 5.07. The molecule has 2 heterocycles. The molecule has 1 atom stereocenters. The second-order valence-corrected chi connectivity index (χ2v) is 21.1. The van der Waals surface area contributed by atoms with E-state index in [1.807, 2.05) is 39.9 Å². The molecule has 20 nitrogen and oxygen atoms in total. The Morgan fingerprint density at radius 1 is 1.06 bits per heavy atom. The van der Waals surface area contributed by atoms with Crippen molar-refractivity contribution in [3.63, 3.8) is 0 Å². The van der Waals surface area contributed by atoms with Crippen LogP contribution in [0, 0.1) is 6.92 Å². The molecule has 0 aliphatic heterocycles. The third-order valence-corrected chi connectivity index (χ3v) is 9.32. The molecule has 2 amide bonds. The van der Waals surface area contributed by atoms with E-state index in [4.69, 9.17) is 47.1 Å². The summed E-state index contributed by atoms with van der Waals surface area (Å²) in [7, 11) is -6.85. The molecule has 2 aromatic heterocycles. The van der Waals surface area contributed by atoms with E-state index in [1.165, 1.54) is 38.3 Å². The lowest BCUT2D eigenvalue weighted by molar-refractivity contribution is -0.193. The molecule has 0 saturated heterocycles. The number of sulfonamides is 1. The molecule has 0 aliphatic carbocycles. The number of nitrogens with zero attached hydrogens (tertiary/aromatic N) is 5. The van der Waals surface area contributed by atoms with E-state index in [0.717, 1.165) is 10.7 Å². The Morgan fingerprint density at radius 3 is 2.16 bits per heavy atom. The number of carbonyl (C=O) groups is 2. The molecule has 5 N–H and O–H groups in total. The maximum atomic E-state index is 12.5. The summed E-state index contributed by atoms with van der Waals surface area (Å²) >= 11 is 12.3. The van der Waals surface area contributed by atoms with Gasteiger partial charge in [-0.15, -0.1) is 5.10 Å². The van der Waals surface area contributed by atoms with Crippen LogP contribution in [0.3, 0.4) is 0 Å². The van der Waals surface area contributed by atoms with Gasteiger partial charge in [-0.1, -0.05) is 62.2 Å². The van der Waals surface area contributed by atoms with Gasteiger partial charge in [0.1, 0.15) is 19.2 Å². The summed E-state index contributed by atoms with van der Waals surface area (Å²) in [6.07, 6.45) is -0.385. The minimum Gasteiger partial charge on any atom is -0.778 e. The van der Waals surface area contributed by atoms with Crippen molar-refractivity contribution in [2.75, 3.05) is 44.0 Å². The number of nitrogens with one attached hydrogen (secondary N) is 3. The fourth-order valence-electron chi connectivity index (χ4n) is 4.22. The number of carboxylic acids is 1. The van der Waals surface area contributed by atoms with Gasteiger partial charge in [-0.25, -0.2) is 22.7 Å². The maximum absolute atomic E-state index is 12.5. The largest absolute Gasteiger partial charge is 0.778 e. The van der Waals surface area contributed by atoms with Crippen LogP contribution in [0.25, 0.3) is 5.69 Å². The second kappa shape index (κ2) is 25.3. The molecular formula is C36H50Cl2F3N8O12PS2. The lowest BCUT2D eigenvalue weighted by Crippen LogP contribution is -2.35. The van der Waals surface area contributed by atoms with E-state index < -0.39 is 72.1 Å². The van der Waals surface area contributed by atoms with Crippen LogP contribution in [0.4, 0.5) is 23.9 Å². The van der Waals surface area contributed by atoms with E-state index in [-0.39, 0.29) is 39.9 Å². The number of aryl methyl sites for hydroxylation is 2. The predicted molar refractivity (Wildman–Crippen MR) is 233 cm³/mol. The quantitative estimate of drug-likeness (QED) is 0.0863. The first kappa shape index (κ1) is 57.5. The fourth-order valence-corrected chi connectivity index (χ4v) is 6.30. The van der Waals surface area contributed by atoms with E-state index in [9.17, 15) is 45.4 Å². The van der Waals surface area contributed by atoms with E-state index in [1.54, 1.807) is 10.8 Å². The van der Waals surface area contributed by atoms with Crippen LogP contribution in [0.15, 0.2) is 50.5 Å². The Kier molecular flexibility index (Phi) is 22.7. The molecule has 2 aromatic carbocycles. The van der Waals surface area contributed by atoms with Crippen molar-refractivity contribution in [1.82, 2.24) is 34.8 Å². The van der Waals surface area contributed by atoms with Gasteiger partial charge in [-0.2, -0.15) is 32.8 Å². The van der Waals surface area contributed by atoms with Crippen molar-refractivity contribution in [2.45, 2.75) is 77.0 Å². The molecule has 0 radical (unpaired) electrons. The highest BCUT2D eigenvalue weighted by molar-refractivity contribution is 7.94. The minimum atomic E-state index is -4.45. The lowest BCUT2D eigenvalue weighted by Gasteiger charge is -2.14. The summed E-state index contributed by atoms with van der Waals surface area (Å²) in [4.78, 5) is 62.8. The van der Waals surface area contributed by atoms with Crippen molar-refractivity contribution in [1.29, 1.82) is 0 Å². The van der Waals surface area contributed by atoms with Crippen LogP contribution in [-0.4, -0.2) is 106 Å². The molecule has 358 valence electrons. The third-order valence-electron chi connectivity index (χ3n) is 6.67. The topological polar surface area (TPSA) is 290 Å². The normalized spacial score (nSPS) is 12.4. The lowest BCUT2D eigenvalue weighted by atomic mass is 9.97. The highest BCUT2D eigenvalue weighted by atomic mass is 35.5. The number of methoxy groups -OCH3 is 1. The van der Waals surface area contributed by atoms with Gasteiger partial charge >= 0.3 is 29.9 Å². The summed E-state index contributed by atoms with van der Waals surface area (Å²) in [5, 5.41) is 17.0. The van der Waals surface area contributed by atoms with Crippen molar-refractivity contribution < 1.29 is 64.5 Å². The zero-order chi connectivity index (χ0) is 49.4. The number of carboxylic acid groups (broad SMARTS) is 1. The molecule has 28 heteroatoms. The zero-order valence-corrected chi connectivity index (χ0v) is 40.3. The van der Waals surface area contributed by atoms with Crippen LogP contribution in [0.1, 0.15) is 58.3 Å². The minimum absolute atomic E-state index is 0.0642. The summed E-state index contributed by atoms with van der Waals surface area (Å²) in [5.74, 6) is -1.07. The fraction of sp³-hybridized carbons (Fsp3) is 0.472.